The molecule has 0 unspecified atom stereocenters. The second-order valence-electron chi connectivity index (χ2n) is 6.90. The van der Waals surface area contributed by atoms with Gasteiger partial charge in [-0.25, -0.2) is 8.42 Å². The summed E-state index contributed by atoms with van der Waals surface area (Å²) in [4.78, 5) is 25.0. The Morgan fingerprint density at radius 1 is 0.939 bits per heavy atom. The number of nitrogens with one attached hydrogen (secondary N) is 2. The van der Waals surface area contributed by atoms with Crippen LogP contribution >= 0.6 is 0 Å². The number of ether oxygens (including phenoxy) is 1. The lowest BCUT2D eigenvalue weighted by Gasteiger charge is -2.18. The molecule has 1 heterocycles. The Labute approximate surface area is 192 Å². The van der Waals surface area contributed by atoms with E-state index in [2.05, 4.69) is 10.9 Å². The number of rotatable bonds is 9. The lowest BCUT2D eigenvalue weighted by molar-refractivity contribution is 0.0828. The lowest BCUT2D eigenvalue weighted by Crippen LogP contribution is -2.42. The fraction of sp³-hybridized carbons (Fsp3) is 0.217. The lowest BCUT2D eigenvalue weighted by atomic mass is 10.2. The maximum absolute atomic E-state index is 12.7. The molecule has 174 valence electrons. The summed E-state index contributed by atoms with van der Waals surface area (Å²) in [6.45, 7) is 4.19. The van der Waals surface area contributed by atoms with Crippen LogP contribution in [0.4, 0.5) is 0 Å². The van der Waals surface area contributed by atoms with Gasteiger partial charge >= 0.3 is 5.91 Å². The summed E-state index contributed by atoms with van der Waals surface area (Å²) in [5.41, 5.74) is 5.13. The molecule has 0 radical (unpaired) electrons. The summed E-state index contributed by atoms with van der Waals surface area (Å²) in [5.74, 6) is -0.720. The van der Waals surface area contributed by atoms with E-state index in [-0.39, 0.29) is 22.8 Å². The highest BCUT2D eigenvalue weighted by atomic mass is 32.2. The van der Waals surface area contributed by atoms with Gasteiger partial charge in [-0.2, -0.15) is 4.31 Å². The van der Waals surface area contributed by atoms with Gasteiger partial charge in [0.05, 0.1) is 11.2 Å². The molecular formula is C23H25N3O6S. The Hall–Kier alpha value is -3.63. The molecule has 1 aromatic heterocycles. The quantitative estimate of drug-likeness (QED) is 0.463. The van der Waals surface area contributed by atoms with Crippen LogP contribution in [0.1, 0.15) is 40.3 Å². The number of sulfonamides is 1. The molecule has 2 amide bonds. The van der Waals surface area contributed by atoms with E-state index in [0.717, 1.165) is 0 Å². The average Bonchev–Trinajstić information content (AvgIpc) is 3.31. The number of hydrogen-bond acceptors (Lipinski definition) is 6. The Balaban J connectivity index is 1.64. The van der Waals surface area contributed by atoms with Crippen molar-refractivity contribution in [3.05, 3.63) is 83.8 Å². The highest BCUT2D eigenvalue weighted by molar-refractivity contribution is 7.89. The van der Waals surface area contributed by atoms with E-state index in [1.54, 1.807) is 32.0 Å². The Morgan fingerprint density at radius 2 is 1.64 bits per heavy atom. The first-order valence-electron chi connectivity index (χ1n) is 10.3. The Bertz CT molecular complexity index is 1200. The first-order chi connectivity index (χ1) is 15.9. The van der Waals surface area contributed by atoms with Crippen LogP contribution in [0.25, 0.3) is 0 Å². The third-order valence-corrected chi connectivity index (χ3v) is 6.87. The van der Waals surface area contributed by atoms with Gasteiger partial charge in [0.1, 0.15) is 12.4 Å². The number of furan rings is 1. The van der Waals surface area contributed by atoms with Gasteiger partial charge < -0.3 is 9.15 Å². The van der Waals surface area contributed by atoms with E-state index in [1.165, 1.54) is 34.8 Å². The van der Waals surface area contributed by atoms with E-state index in [4.69, 9.17) is 9.15 Å². The molecule has 2 aromatic carbocycles. The maximum atomic E-state index is 12.7. The molecule has 0 aliphatic carbocycles. The molecule has 0 atom stereocenters. The fourth-order valence-electron chi connectivity index (χ4n) is 3.08. The van der Waals surface area contributed by atoms with Crippen LogP contribution in [0.2, 0.25) is 0 Å². The van der Waals surface area contributed by atoms with E-state index in [1.807, 2.05) is 18.2 Å². The van der Waals surface area contributed by atoms with Crippen molar-refractivity contribution < 1.29 is 27.2 Å². The summed E-state index contributed by atoms with van der Waals surface area (Å²) in [6, 6.07) is 16.3. The fourth-order valence-corrected chi connectivity index (χ4v) is 4.58. The number of hydrogen-bond donors (Lipinski definition) is 2. The van der Waals surface area contributed by atoms with Crippen molar-refractivity contribution in [2.75, 3.05) is 13.1 Å². The van der Waals surface area contributed by atoms with Crippen molar-refractivity contribution >= 4 is 21.8 Å². The summed E-state index contributed by atoms with van der Waals surface area (Å²) < 4.78 is 37.5. The highest BCUT2D eigenvalue weighted by Crippen LogP contribution is 2.18. The number of para-hydroxylation sites is 1. The van der Waals surface area contributed by atoms with Crippen molar-refractivity contribution in [3.8, 4) is 5.75 Å². The third-order valence-electron chi connectivity index (χ3n) is 4.82. The predicted molar refractivity (Wildman–Crippen MR) is 121 cm³/mol. The van der Waals surface area contributed by atoms with Crippen LogP contribution < -0.4 is 15.6 Å². The number of hydrazine groups is 1. The third kappa shape index (κ3) is 5.79. The van der Waals surface area contributed by atoms with Crippen molar-refractivity contribution in [2.24, 2.45) is 0 Å². The minimum atomic E-state index is -3.72. The van der Waals surface area contributed by atoms with Crippen LogP contribution in [-0.2, 0) is 16.6 Å². The summed E-state index contributed by atoms with van der Waals surface area (Å²) in [6.07, 6.45) is 1.35. The van der Waals surface area contributed by atoms with Gasteiger partial charge in [0, 0.05) is 24.2 Å². The van der Waals surface area contributed by atoms with Crippen molar-refractivity contribution in [1.29, 1.82) is 0 Å². The average molecular weight is 472 g/mol. The molecule has 10 heteroatoms. The maximum Gasteiger partial charge on any atom is 0.305 e. The molecule has 0 saturated heterocycles. The standard InChI is InChI=1S/C23H25N3O6S/c1-3-26(4-2)33(29,30)20-12-8-9-17(15-20)22(27)24-25-23(28)21-18(13-14-31-21)16-32-19-10-6-5-7-11-19/h5-15H,3-4,16H2,1-2H3,(H,24,27)(H,25,28). The van der Waals surface area contributed by atoms with Crippen molar-refractivity contribution in [3.63, 3.8) is 0 Å². The zero-order chi connectivity index (χ0) is 23.8. The van der Waals surface area contributed by atoms with E-state index < -0.39 is 21.8 Å². The monoisotopic (exact) mass is 471 g/mol. The van der Waals surface area contributed by atoms with Gasteiger partial charge in [-0.3, -0.25) is 20.4 Å². The van der Waals surface area contributed by atoms with Gasteiger partial charge in [-0.1, -0.05) is 38.1 Å². The molecule has 9 nitrogen and oxygen atoms in total. The molecule has 3 rings (SSSR count). The van der Waals surface area contributed by atoms with Crippen LogP contribution in [0.15, 0.2) is 76.2 Å². The Morgan fingerprint density at radius 3 is 2.33 bits per heavy atom. The molecular weight excluding hydrogens is 446 g/mol. The largest absolute Gasteiger partial charge is 0.489 e. The number of carbonyl (C=O) groups excluding carboxylic acids is 2. The van der Waals surface area contributed by atoms with Gasteiger partial charge in [0.25, 0.3) is 5.91 Å². The van der Waals surface area contributed by atoms with Crippen LogP contribution in [0, 0.1) is 0 Å². The second-order valence-corrected chi connectivity index (χ2v) is 8.84. The predicted octanol–water partition coefficient (Wildman–Crippen LogP) is 2.96. The van der Waals surface area contributed by atoms with Crippen LogP contribution in [-0.4, -0.2) is 37.6 Å². The molecule has 33 heavy (non-hydrogen) atoms. The van der Waals surface area contributed by atoms with Crippen LogP contribution in [0.5, 0.6) is 5.75 Å². The first-order valence-corrected chi connectivity index (χ1v) is 11.8. The van der Waals surface area contributed by atoms with Gasteiger partial charge in [0.15, 0.2) is 5.76 Å². The molecule has 3 aromatic rings. The molecule has 0 saturated carbocycles. The van der Waals surface area contributed by atoms with Crippen molar-refractivity contribution in [2.45, 2.75) is 25.3 Å². The summed E-state index contributed by atoms with van der Waals surface area (Å²) in [5, 5.41) is 0. The van der Waals surface area contributed by atoms with E-state index in [9.17, 15) is 18.0 Å². The van der Waals surface area contributed by atoms with E-state index in [0.29, 0.717) is 24.4 Å². The molecule has 0 aliphatic rings. The van der Waals surface area contributed by atoms with Gasteiger partial charge in [0.2, 0.25) is 10.0 Å². The number of nitrogens with zero attached hydrogens (tertiary/aromatic N) is 1. The molecule has 0 spiro atoms. The molecule has 0 aliphatic heterocycles. The molecule has 0 fully saturated rings. The zero-order valence-corrected chi connectivity index (χ0v) is 19.1. The summed E-state index contributed by atoms with van der Waals surface area (Å²) >= 11 is 0. The molecule has 2 N–H and O–H groups in total. The number of carbonyl (C=O) groups is 2. The summed E-state index contributed by atoms with van der Waals surface area (Å²) in [7, 11) is -3.72. The zero-order valence-electron chi connectivity index (χ0n) is 18.3. The van der Waals surface area contributed by atoms with Crippen molar-refractivity contribution in [1.82, 2.24) is 15.2 Å². The number of benzene rings is 2. The second kappa shape index (κ2) is 10.8. The topological polar surface area (TPSA) is 118 Å². The SMILES string of the molecule is CCN(CC)S(=O)(=O)c1cccc(C(=O)NNC(=O)c2occc2COc2ccccc2)c1. The number of amides is 2. The Kier molecular flexibility index (Phi) is 7.86. The highest BCUT2D eigenvalue weighted by Gasteiger charge is 2.23. The normalized spacial score (nSPS) is 11.2. The minimum absolute atomic E-state index is 0.00319. The minimum Gasteiger partial charge on any atom is -0.489 e. The van der Waals surface area contributed by atoms with E-state index >= 15 is 0 Å². The van der Waals surface area contributed by atoms with Gasteiger partial charge in [-0.15, -0.1) is 0 Å². The first kappa shape index (κ1) is 24.0. The molecule has 0 bridgehead atoms. The van der Waals surface area contributed by atoms with Gasteiger partial charge in [-0.05, 0) is 36.4 Å². The van der Waals surface area contributed by atoms with Crippen LogP contribution in [0.3, 0.4) is 0 Å². The smallest absolute Gasteiger partial charge is 0.305 e.